The van der Waals surface area contributed by atoms with Gasteiger partial charge in [-0.2, -0.15) is 0 Å². The maximum Gasteiger partial charge on any atom is 0.333 e. The molecule has 0 N–H and O–H groups in total. The van der Waals surface area contributed by atoms with Crippen LogP contribution < -0.4 is 0 Å². The Morgan fingerprint density at radius 1 is 1.26 bits per heavy atom. The Morgan fingerprint density at radius 2 is 1.78 bits per heavy atom. The first-order chi connectivity index (χ1) is 12.4. The van der Waals surface area contributed by atoms with E-state index in [1.807, 2.05) is 0 Å². The predicted molar refractivity (Wildman–Crippen MR) is 98.6 cm³/mol. The summed E-state index contributed by atoms with van der Waals surface area (Å²) in [7, 11) is 3.65. The molecule has 2 saturated heterocycles. The molecule has 10 heteroatoms. The summed E-state index contributed by atoms with van der Waals surface area (Å²) >= 11 is 0. The highest BCUT2D eigenvalue weighted by molar-refractivity contribution is 8.08. The van der Waals surface area contributed by atoms with Gasteiger partial charge >= 0.3 is 5.97 Å². The fourth-order valence-electron chi connectivity index (χ4n) is 3.16. The molecule has 2 aliphatic rings. The number of hydrogen-bond acceptors (Lipinski definition) is 6. The molecule has 0 saturated carbocycles. The van der Waals surface area contributed by atoms with E-state index in [0.717, 1.165) is 9.80 Å². The molecule has 2 heterocycles. The second-order valence-electron chi connectivity index (χ2n) is 7.62. The SMILES string of the molecule is C=C(C)C(C(=O)OC(C)(C)C)N1C(=O)C(N2C(=O)CCCC2=O)C1S(=O)Cl. The summed E-state index contributed by atoms with van der Waals surface area (Å²) in [5, 5.41) is -1.21. The van der Waals surface area contributed by atoms with Crippen molar-refractivity contribution >= 4 is 44.4 Å². The number of nitrogens with zero attached hydrogens (tertiary/aromatic N) is 2. The van der Waals surface area contributed by atoms with Crippen molar-refractivity contribution in [1.29, 1.82) is 0 Å². The van der Waals surface area contributed by atoms with Crippen LogP contribution in [0, 0.1) is 0 Å². The van der Waals surface area contributed by atoms with Crippen LogP contribution in [0.4, 0.5) is 0 Å². The number of ether oxygens (including phenoxy) is 1. The minimum atomic E-state index is -2.13. The minimum Gasteiger partial charge on any atom is -0.458 e. The number of halogens is 1. The van der Waals surface area contributed by atoms with Gasteiger partial charge in [-0.1, -0.05) is 6.58 Å². The number of hydrogen-bond donors (Lipinski definition) is 0. The lowest BCUT2D eigenvalue weighted by Gasteiger charge is -2.51. The number of likely N-dealkylation sites (tertiary alicyclic amines) is 2. The number of piperidine rings is 1. The van der Waals surface area contributed by atoms with Crippen LogP contribution in [0.5, 0.6) is 0 Å². The molecule has 2 aliphatic heterocycles. The molecule has 2 rings (SSSR count). The van der Waals surface area contributed by atoms with Gasteiger partial charge in [0.15, 0.2) is 17.5 Å². The highest BCUT2D eigenvalue weighted by Crippen LogP contribution is 2.36. The predicted octanol–water partition coefficient (Wildman–Crippen LogP) is 1.25. The van der Waals surface area contributed by atoms with E-state index in [1.54, 1.807) is 20.8 Å². The molecular weight excluding hydrogens is 396 g/mol. The number of amides is 3. The Kier molecular flexibility index (Phi) is 6.16. The molecule has 4 atom stereocenters. The average Bonchev–Trinajstić information content (AvgIpc) is 2.49. The number of carbonyl (C=O) groups excluding carboxylic acids is 4. The number of imide groups is 1. The maximum atomic E-state index is 12.8. The Morgan fingerprint density at radius 3 is 2.19 bits per heavy atom. The molecule has 0 spiro atoms. The largest absolute Gasteiger partial charge is 0.458 e. The van der Waals surface area contributed by atoms with Gasteiger partial charge in [0.2, 0.25) is 11.8 Å². The van der Waals surface area contributed by atoms with Gasteiger partial charge in [0.25, 0.3) is 5.91 Å². The average molecular weight is 419 g/mol. The van der Waals surface area contributed by atoms with Crippen molar-refractivity contribution in [1.82, 2.24) is 9.80 Å². The van der Waals surface area contributed by atoms with Crippen molar-refractivity contribution < 1.29 is 28.1 Å². The second-order valence-corrected chi connectivity index (χ2v) is 9.51. The Balaban J connectivity index is 2.36. The second kappa shape index (κ2) is 7.71. The quantitative estimate of drug-likeness (QED) is 0.219. The van der Waals surface area contributed by atoms with Crippen molar-refractivity contribution in [3.8, 4) is 0 Å². The Hall–Kier alpha value is -1.74. The summed E-state index contributed by atoms with van der Waals surface area (Å²) in [6.07, 6.45) is 0.639. The molecule has 3 amide bonds. The summed E-state index contributed by atoms with van der Waals surface area (Å²) < 4.78 is 17.5. The Labute approximate surface area is 164 Å². The van der Waals surface area contributed by atoms with E-state index in [0.29, 0.717) is 12.0 Å². The van der Waals surface area contributed by atoms with E-state index in [2.05, 4.69) is 6.58 Å². The zero-order valence-corrected chi connectivity index (χ0v) is 17.3. The standard InChI is InChI=1S/C17H23ClN2O6S/c1-9(2)12(16(24)26-17(3,4)5)20-14(23)13(15(20)27(18)25)19-10(21)7-6-8-11(19)22/h12-13,15H,1,6-8H2,2-5H3. The molecule has 8 nitrogen and oxygen atoms in total. The first-order valence-electron chi connectivity index (χ1n) is 8.49. The van der Waals surface area contributed by atoms with E-state index in [9.17, 15) is 23.4 Å². The van der Waals surface area contributed by atoms with E-state index < -0.39 is 56.8 Å². The van der Waals surface area contributed by atoms with Crippen LogP contribution in [0.2, 0.25) is 0 Å². The van der Waals surface area contributed by atoms with Crippen LogP contribution in [-0.4, -0.2) is 60.8 Å². The summed E-state index contributed by atoms with van der Waals surface area (Å²) in [6.45, 7) is 10.3. The van der Waals surface area contributed by atoms with E-state index in [1.165, 1.54) is 6.92 Å². The molecule has 0 aromatic heterocycles. The van der Waals surface area contributed by atoms with Gasteiger partial charge in [0.05, 0.1) is 0 Å². The van der Waals surface area contributed by atoms with Gasteiger partial charge in [-0.25, -0.2) is 9.00 Å². The third-order valence-corrected chi connectivity index (χ3v) is 5.63. The van der Waals surface area contributed by atoms with Gasteiger partial charge in [-0.05, 0) is 50.4 Å². The molecule has 4 unspecified atom stereocenters. The van der Waals surface area contributed by atoms with Crippen LogP contribution in [0.25, 0.3) is 0 Å². The molecule has 0 aromatic carbocycles. The van der Waals surface area contributed by atoms with Gasteiger partial charge in [0.1, 0.15) is 15.6 Å². The van der Waals surface area contributed by atoms with E-state index >= 15 is 0 Å². The van der Waals surface area contributed by atoms with Crippen LogP contribution in [0.3, 0.4) is 0 Å². The van der Waals surface area contributed by atoms with E-state index in [4.69, 9.17) is 15.4 Å². The Bertz CT molecular complexity index is 715. The van der Waals surface area contributed by atoms with Crippen molar-refractivity contribution in [3.05, 3.63) is 12.2 Å². The minimum absolute atomic E-state index is 0.118. The molecule has 2 fully saturated rings. The summed E-state index contributed by atoms with van der Waals surface area (Å²) in [5.74, 6) is -2.46. The van der Waals surface area contributed by atoms with Crippen molar-refractivity contribution in [3.63, 3.8) is 0 Å². The third-order valence-electron chi connectivity index (χ3n) is 4.21. The highest BCUT2D eigenvalue weighted by Gasteiger charge is 2.60. The molecule has 0 aliphatic carbocycles. The topological polar surface area (TPSA) is 101 Å². The first kappa shape index (κ1) is 21.6. The smallest absolute Gasteiger partial charge is 0.333 e. The zero-order valence-electron chi connectivity index (χ0n) is 15.7. The fraction of sp³-hybridized carbons (Fsp3) is 0.647. The number of rotatable bonds is 5. The van der Waals surface area contributed by atoms with Crippen molar-refractivity contribution in [2.45, 2.75) is 70.0 Å². The molecule has 0 aromatic rings. The zero-order chi connectivity index (χ0) is 20.7. The van der Waals surface area contributed by atoms with E-state index in [-0.39, 0.29) is 12.8 Å². The summed E-state index contributed by atoms with van der Waals surface area (Å²) in [5.41, 5.74) is -0.522. The summed E-state index contributed by atoms with van der Waals surface area (Å²) in [4.78, 5) is 51.6. The lowest BCUT2D eigenvalue weighted by molar-refractivity contribution is -0.177. The third kappa shape index (κ3) is 4.24. The lowest BCUT2D eigenvalue weighted by atomic mass is 9.95. The van der Waals surface area contributed by atoms with Gasteiger partial charge < -0.3 is 9.64 Å². The molecule has 150 valence electrons. The maximum absolute atomic E-state index is 12.8. The number of β-lactam (4-membered cyclic amide) rings is 1. The van der Waals surface area contributed by atoms with Gasteiger partial charge in [-0.15, -0.1) is 0 Å². The number of carbonyl (C=O) groups is 4. The lowest BCUT2D eigenvalue weighted by Crippen LogP contribution is -2.76. The number of esters is 1. The van der Waals surface area contributed by atoms with Crippen LogP contribution in [-0.2, 0) is 33.9 Å². The van der Waals surface area contributed by atoms with Crippen LogP contribution in [0.1, 0.15) is 47.0 Å². The van der Waals surface area contributed by atoms with Crippen LogP contribution >= 0.6 is 10.7 Å². The fourth-order valence-corrected chi connectivity index (χ4v) is 4.56. The van der Waals surface area contributed by atoms with Gasteiger partial charge in [0, 0.05) is 12.8 Å². The van der Waals surface area contributed by atoms with Crippen molar-refractivity contribution in [2.75, 3.05) is 0 Å². The molecule has 27 heavy (non-hydrogen) atoms. The van der Waals surface area contributed by atoms with Crippen LogP contribution in [0.15, 0.2) is 12.2 Å². The van der Waals surface area contributed by atoms with Crippen molar-refractivity contribution in [2.24, 2.45) is 0 Å². The molecule has 0 radical (unpaired) electrons. The van der Waals surface area contributed by atoms with Gasteiger partial charge in [-0.3, -0.25) is 19.3 Å². The monoisotopic (exact) mass is 418 g/mol. The summed E-state index contributed by atoms with van der Waals surface area (Å²) in [6, 6.07) is -2.50. The highest BCUT2D eigenvalue weighted by atomic mass is 35.7. The normalized spacial score (nSPS) is 25.7. The first-order valence-corrected chi connectivity index (χ1v) is 10.5. The molecule has 0 bridgehead atoms. The molecular formula is C17H23ClN2O6S.